The summed E-state index contributed by atoms with van der Waals surface area (Å²) in [7, 11) is 0. The van der Waals surface area contributed by atoms with Gasteiger partial charge in [-0.05, 0) is 47.5 Å². The Morgan fingerprint density at radius 3 is 2.27 bits per heavy atom. The van der Waals surface area contributed by atoms with E-state index >= 15 is 0 Å². The Kier molecular flexibility index (Phi) is 5.97. The first-order chi connectivity index (χ1) is 10.6. The summed E-state index contributed by atoms with van der Waals surface area (Å²) < 4.78 is 1.15. The summed E-state index contributed by atoms with van der Waals surface area (Å²) in [5, 5.41) is 1.30. The van der Waals surface area contributed by atoms with Gasteiger partial charge in [-0.2, -0.15) is 0 Å². The molecule has 0 aliphatic heterocycles. The van der Waals surface area contributed by atoms with E-state index < -0.39 is 0 Å². The smallest absolute Gasteiger partial charge is 0.0968 e. The standard InChI is InChI=1S/C18H29BrN2S/c19-16-13-21-17(22-16)15-9-7-5-3-1-2-4-6-8-14-10-18(20,11-14)12-15/h13-15H,1-12,20H2. The van der Waals surface area contributed by atoms with Gasteiger partial charge in [0.1, 0.15) is 0 Å². The van der Waals surface area contributed by atoms with Gasteiger partial charge in [-0.3, -0.25) is 0 Å². The number of rotatable bonds is 1. The van der Waals surface area contributed by atoms with Crippen LogP contribution in [0.1, 0.15) is 88.0 Å². The Morgan fingerprint density at radius 2 is 1.64 bits per heavy atom. The number of hydrogen-bond acceptors (Lipinski definition) is 3. The summed E-state index contributed by atoms with van der Waals surface area (Å²) >= 11 is 5.37. The van der Waals surface area contributed by atoms with Crippen molar-refractivity contribution in [2.24, 2.45) is 11.7 Å². The van der Waals surface area contributed by atoms with Gasteiger partial charge in [0.25, 0.3) is 0 Å². The van der Waals surface area contributed by atoms with E-state index in [2.05, 4.69) is 20.9 Å². The molecule has 0 spiro atoms. The topological polar surface area (TPSA) is 38.9 Å². The molecule has 0 radical (unpaired) electrons. The molecule has 1 aromatic rings. The zero-order chi connectivity index (χ0) is 15.4. The van der Waals surface area contributed by atoms with Crippen LogP contribution < -0.4 is 5.73 Å². The molecule has 1 unspecified atom stereocenters. The molecule has 1 aromatic heterocycles. The molecule has 3 fully saturated rings. The number of aromatic nitrogens is 1. The highest BCUT2D eigenvalue weighted by Crippen LogP contribution is 2.46. The van der Waals surface area contributed by atoms with Crippen LogP contribution in [0.2, 0.25) is 0 Å². The van der Waals surface area contributed by atoms with Crippen molar-refractivity contribution < 1.29 is 0 Å². The minimum Gasteiger partial charge on any atom is -0.325 e. The van der Waals surface area contributed by atoms with Gasteiger partial charge in [-0.15, -0.1) is 11.3 Å². The molecule has 1 heterocycles. The van der Waals surface area contributed by atoms with E-state index in [1.807, 2.05) is 17.5 Å². The Hall–Kier alpha value is 0.0700. The average molecular weight is 385 g/mol. The lowest BCUT2D eigenvalue weighted by molar-refractivity contribution is 0.115. The summed E-state index contributed by atoms with van der Waals surface area (Å²) in [6.45, 7) is 0. The molecule has 2 nitrogen and oxygen atoms in total. The van der Waals surface area contributed by atoms with Gasteiger partial charge in [0, 0.05) is 11.5 Å². The van der Waals surface area contributed by atoms with Gasteiger partial charge in [0.05, 0.1) is 15.0 Å². The van der Waals surface area contributed by atoms with Gasteiger partial charge in [0.2, 0.25) is 0 Å². The zero-order valence-corrected chi connectivity index (χ0v) is 15.9. The van der Waals surface area contributed by atoms with Crippen molar-refractivity contribution >= 4 is 27.3 Å². The lowest BCUT2D eigenvalue weighted by Crippen LogP contribution is -2.52. The van der Waals surface area contributed by atoms with Crippen LogP contribution in [0.5, 0.6) is 0 Å². The van der Waals surface area contributed by atoms with Crippen LogP contribution in [0, 0.1) is 5.92 Å². The fraction of sp³-hybridized carbons (Fsp3) is 0.833. The lowest BCUT2D eigenvalue weighted by Gasteiger charge is -2.47. The molecule has 0 aromatic carbocycles. The largest absolute Gasteiger partial charge is 0.325 e. The molecule has 3 aliphatic carbocycles. The van der Waals surface area contributed by atoms with E-state index in [1.54, 1.807) is 0 Å². The Bertz CT molecular complexity index is 467. The highest BCUT2D eigenvalue weighted by molar-refractivity contribution is 9.11. The highest BCUT2D eigenvalue weighted by Gasteiger charge is 2.42. The normalized spacial score (nSPS) is 34.6. The zero-order valence-electron chi connectivity index (χ0n) is 13.5. The molecule has 4 heteroatoms. The molecule has 22 heavy (non-hydrogen) atoms. The summed E-state index contributed by atoms with van der Waals surface area (Å²) in [5.41, 5.74) is 6.79. The maximum absolute atomic E-state index is 6.69. The number of halogens is 1. The molecular weight excluding hydrogens is 356 g/mol. The number of thiazole rings is 1. The summed E-state index contributed by atoms with van der Waals surface area (Å²) in [6, 6.07) is 0. The van der Waals surface area contributed by atoms with E-state index in [9.17, 15) is 0 Å². The summed E-state index contributed by atoms with van der Waals surface area (Å²) in [6.07, 6.45) is 18.1. The molecule has 124 valence electrons. The lowest BCUT2D eigenvalue weighted by atomic mass is 9.63. The van der Waals surface area contributed by atoms with Crippen LogP contribution >= 0.6 is 27.3 Å². The van der Waals surface area contributed by atoms with E-state index in [1.165, 1.54) is 75.6 Å². The first kappa shape index (κ1) is 16.9. The van der Waals surface area contributed by atoms with Crippen LogP contribution in [0.15, 0.2) is 9.98 Å². The SMILES string of the molecule is NC12CC(CCCCCCCCCC(c3ncc(Br)s3)C1)C2. The van der Waals surface area contributed by atoms with E-state index in [-0.39, 0.29) is 5.54 Å². The minimum absolute atomic E-state index is 0.0948. The van der Waals surface area contributed by atoms with Crippen LogP contribution in [-0.2, 0) is 0 Å². The fourth-order valence-corrected chi connectivity index (χ4v) is 5.81. The van der Waals surface area contributed by atoms with Crippen LogP contribution in [0.4, 0.5) is 0 Å². The third kappa shape index (κ3) is 4.55. The van der Waals surface area contributed by atoms with Gasteiger partial charge in [-0.25, -0.2) is 4.98 Å². The number of hydrogen-bond donors (Lipinski definition) is 1. The Labute approximate surface area is 147 Å². The van der Waals surface area contributed by atoms with Crippen molar-refractivity contribution in [1.82, 2.24) is 4.98 Å². The third-order valence-corrected chi connectivity index (χ3v) is 7.19. The van der Waals surface area contributed by atoms with Gasteiger partial charge in [-0.1, -0.05) is 51.4 Å². The maximum atomic E-state index is 6.69. The molecule has 1 atom stereocenters. The van der Waals surface area contributed by atoms with Gasteiger partial charge < -0.3 is 5.73 Å². The van der Waals surface area contributed by atoms with E-state index in [0.29, 0.717) is 5.92 Å². The van der Waals surface area contributed by atoms with Crippen LogP contribution in [-0.4, -0.2) is 10.5 Å². The Balaban J connectivity index is 1.64. The maximum Gasteiger partial charge on any atom is 0.0968 e. The first-order valence-electron chi connectivity index (χ1n) is 9.05. The number of nitrogens with zero attached hydrogens (tertiary/aromatic N) is 1. The van der Waals surface area contributed by atoms with Crippen molar-refractivity contribution in [2.45, 2.75) is 88.5 Å². The monoisotopic (exact) mass is 384 g/mol. The number of fused-ring (bicyclic) bond motifs is 10. The molecule has 0 saturated heterocycles. The molecular formula is C18H29BrN2S. The Morgan fingerprint density at radius 1 is 1.00 bits per heavy atom. The molecule has 2 N–H and O–H groups in total. The predicted octanol–water partition coefficient (Wildman–Crippen LogP) is 6.01. The second-order valence-electron chi connectivity index (χ2n) is 7.59. The van der Waals surface area contributed by atoms with Crippen LogP contribution in [0.3, 0.4) is 0 Å². The molecule has 3 aliphatic rings. The molecule has 3 saturated carbocycles. The van der Waals surface area contributed by atoms with E-state index in [0.717, 1.165) is 16.1 Å². The van der Waals surface area contributed by atoms with Crippen molar-refractivity contribution in [2.75, 3.05) is 0 Å². The number of nitrogens with two attached hydrogens (primary N) is 1. The van der Waals surface area contributed by atoms with Crippen molar-refractivity contribution in [3.63, 3.8) is 0 Å². The van der Waals surface area contributed by atoms with Crippen molar-refractivity contribution in [3.8, 4) is 0 Å². The molecule has 4 rings (SSSR count). The molecule has 0 amide bonds. The average Bonchev–Trinajstić information content (AvgIpc) is 2.88. The second-order valence-corrected chi connectivity index (χ2v) is 10.0. The quantitative estimate of drug-likeness (QED) is 0.643. The predicted molar refractivity (Wildman–Crippen MR) is 98.4 cm³/mol. The first-order valence-corrected chi connectivity index (χ1v) is 10.7. The van der Waals surface area contributed by atoms with Gasteiger partial charge >= 0.3 is 0 Å². The van der Waals surface area contributed by atoms with Gasteiger partial charge in [0.15, 0.2) is 0 Å². The van der Waals surface area contributed by atoms with Crippen molar-refractivity contribution in [3.05, 3.63) is 15.0 Å². The van der Waals surface area contributed by atoms with Crippen LogP contribution in [0.25, 0.3) is 0 Å². The second kappa shape index (κ2) is 7.76. The molecule has 2 bridgehead atoms. The summed E-state index contributed by atoms with van der Waals surface area (Å²) in [5.74, 6) is 1.47. The van der Waals surface area contributed by atoms with E-state index in [4.69, 9.17) is 5.73 Å². The minimum atomic E-state index is 0.0948. The fourth-order valence-electron chi connectivity index (χ4n) is 4.43. The van der Waals surface area contributed by atoms with Crippen molar-refractivity contribution in [1.29, 1.82) is 0 Å². The third-order valence-electron chi connectivity index (χ3n) is 5.55. The summed E-state index contributed by atoms with van der Waals surface area (Å²) in [4.78, 5) is 4.64. The highest BCUT2D eigenvalue weighted by atomic mass is 79.9.